The number of anilines is 1. The van der Waals surface area contributed by atoms with Gasteiger partial charge in [0, 0.05) is 19.1 Å². The first-order valence-electron chi connectivity index (χ1n) is 5.88. The Kier molecular flexibility index (Phi) is 5.19. The lowest BCUT2D eigenvalue weighted by Crippen LogP contribution is -2.40. The standard InChI is InChI=1S/C12H16ClN3O4S/c1-7(12(18)16(2)3)21(19,20)15-10-5-4-8(13)6-9(10)11(14)17/h4-7,15H,1-3H3,(H2,14,17). The SMILES string of the molecule is CC(C(=O)N(C)C)S(=O)(=O)Nc1ccc(Cl)cc1C(N)=O. The summed E-state index contributed by atoms with van der Waals surface area (Å²) >= 11 is 5.74. The maximum atomic E-state index is 12.2. The van der Waals surface area contributed by atoms with Crippen LogP contribution < -0.4 is 10.5 Å². The van der Waals surface area contributed by atoms with Crippen LogP contribution in [0.4, 0.5) is 5.69 Å². The van der Waals surface area contributed by atoms with Gasteiger partial charge in [0.25, 0.3) is 5.91 Å². The molecular formula is C12H16ClN3O4S. The number of hydrogen-bond acceptors (Lipinski definition) is 4. The van der Waals surface area contributed by atoms with Crippen LogP contribution in [0.1, 0.15) is 17.3 Å². The zero-order valence-corrected chi connectivity index (χ0v) is 13.3. The molecule has 1 atom stereocenters. The van der Waals surface area contributed by atoms with Crippen LogP contribution in [0.2, 0.25) is 5.02 Å². The largest absolute Gasteiger partial charge is 0.366 e. The van der Waals surface area contributed by atoms with Gasteiger partial charge >= 0.3 is 0 Å². The molecule has 0 aliphatic carbocycles. The normalized spacial score (nSPS) is 12.6. The van der Waals surface area contributed by atoms with E-state index in [4.69, 9.17) is 17.3 Å². The summed E-state index contributed by atoms with van der Waals surface area (Å²) in [5.41, 5.74) is 5.08. The van der Waals surface area contributed by atoms with E-state index < -0.39 is 27.1 Å². The molecule has 0 heterocycles. The Bertz CT molecular complexity index is 673. The van der Waals surface area contributed by atoms with Crippen LogP contribution >= 0.6 is 11.6 Å². The molecule has 0 radical (unpaired) electrons. The quantitative estimate of drug-likeness (QED) is 0.824. The fraction of sp³-hybridized carbons (Fsp3) is 0.333. The van der Waals surface area contributed by atoms with E-state index >= 15 is 0 Å². The smallest absolute Gasteiger partial charge is 0.250 e. The molecule has 0 aromatic heterocycles. The Morgan fingerprint density at radius 1 is 1.33 bits per heavy atom. The number of nitrogens with zero attached hydrogens (tertiary/aromatic N) is 1. The Morgan fingerprint density at radius 2 is 1.90 bits per heavy atom. The molecule has 1 aromatic rings. The van der Waals surface area contributed by atoms with Gasteiger partial charge in [0.1, 0.15) is 0 Å². The number of carbonyl (C=O) groups is 2. The Hall–Kier alpha value is -1.80. The molecule has 1 rings (SSSR count). The minimum Gasteiger partial charge on any atom is -0.366 e. The minimum atomic E-state index is -4.02. The van der Waals surface area contributed by atoms with E-state index in [9.17, 15) is 18.0 Å². The van der Waals surface area contributed by atoms with Crippen LogP contribution in [-0.2, 0) is 14.8 Å². The first kappa shape index (κ1) is 17.3. The summed E-state index contributed by atoms with van der Waals surface area (Å²) in [7, 11) is -1.12. The average Bonchev–Trinajstić information content (AvgIpc) is 2.38. The van der Waals surface area contributed by atoms with Gasteiger partial charge < -0.3 is 10.6 Å². The first-order chi connectivity index (χ1) is 9.56. The third kappa shape index (κ3) is 4.08. The molecule has 116 valence electrons. The second kappa shape index (κ2) is 6.31. The number of amides is 2. The van der Waals surface area contributed by atoms with Gasteiger partial charge in [0.2, 0.25) is 15.9 Å². The van der Waals surface area contributed by atoms with Crippen molar-refractivity contribution in [2.24, 2.45) is 5.73 Å². The molecule has 0 saturated carbocycles. The third-order valence-electron chi connectivity index (χ3n) is 2.75. The zero-order chi connectivity index (χ0) is 16.4. The van der Waals surface area contributed by atoms with Crippen molar-refractivity contribution in [1.82, 2.24) is 4.90 Å². The summed E-state index contributed by atoms with van der Waals surface area (Å²) in [5, 5.41) is -1.08. The maximum Gasteiger partial charge on any atom is 0.250 e. The lowest BCUT2D eigenvalue weighted by molar-refractivity contribution is -0.127. The Morgan fingerprint density at radius 3 is 2.38 bits per heavy atom. The molecule has 0 aliphatic rings. The van der Waals surface area contributed by atoms with Gasteiger partial charge in [-0.2, -0.15) is 0 Å². The number of halogens is 1. The molecular weight excluding hydrogens is 318 g/mol. The summed E-state index contributed by atoms with van der Waals surface area (Å²) in [5.74, 6) is -1.42. The average molecular weight is 334 g/mol. The molecule has 0 bridgehead atoms. The molecule has 9 heteroatoms. The lowest BCUT2D eigenvalue weighted by Gasteiger charge is -2.19. The van der Waals surface area contributed by atoms with Crippen LogP contribution in [0.3, 0.4) is 0 Å². The van der Waals surface area contributed by atoms with Gasteiger partial charge in [-0.25, -0.2) is 8.42 Å². The van der Waals surface area contributed by atoms with Gasteiger partial charge in [-0.3, -0.25) is 14.3 Å². The van der Waals surface area contributed by atoms with E-state index in [1.54, 1.807) is 0 Å². The predicted octanol–water partition coefficient (Wildman–Crippen LogP) is 0.657. The van der Waals surface area contributed by atoms with Gasteiger partial charge in [-0.05, 0) is 25.1 Å². The van der Waals surface area contributed by atoms with Crippen molar-refractivity contribution < 1.29 is 18.0 Å². The van der Waals surface area contributed by atoms with Crippen molar-refractivity contribution in [2.45, 2.75) is 12.2 Å². The van der Waals surface area contributed by atoms with Crippen molar-refractivity contribution in [3.8, 4) is 0 Å². The first-order valence-corrected chi connectivity index (χ1v) is 7.81. The van der Waals surface area contributed by atoms with Gasteiger partial charge in [0.05, 0.1) is 11.3 Å². The number of nitrogens with one attached hydrogen (secondary N) is 1. The van der Waals surface area contributed by atoms with Crippen molar-refractivity contribution in [3.63, 3.8) is 0 Å². The molecule has 1 unspecified atom stereocenters. The van der Waals surface area contributed by atoms with Crippen LogP contribution in [-0.4, -0.2) is 44.5 Å². The summed E-state index contributed by atoms with van der Waals surface area (Å²) in [6, 6.07) is 3.97. The van der Waals surface area contributed by atoms with Crippen LogP contribution in [0.25, 0.3) is 0 Å². The van der Waals surface area contributed by atoms with Crippen molar-refractivity contribution in [3.05, 3.63) is 28.8 Å². The molecule has 21 heavy (non-hydrogen) atoms. The number of benzene rings is 1. The molecule has 2 amide bonds. The highest BCUT2D eigenvalue weighted by Crippen LogP contribution is 2.22. The van der Waals surface area contributed by atoms with E-state index in [0.29, 0.717) is 0 Å². The summed E-state index contributed by atoms with van der Waals surface area (Å²) in [4.78, 5) is 24.2. The van der Waals surface area contributed by atoms with Crippen LogP contribution in [0.5, 0.6) is 0 Å². The molecule has 0 saturated heterocycles. The van der Waals surface area contributed by atoms with Crippen LogP contribution in [0, 0.1) is 0 Å². The lowest BCUT2D eigenvalue weighted by atomic mass is 10.2. The molecule has 0 spiro atoms. The molecule has 1 aromatic carbocycles. The number of nitrogens with two attached hydrogens (primary N) is 1. The maximum absolute atomic E-state index is 12.2. The number of hydrogen-bond donors (Lipinski definition) is 2. The molecule has 7 nitrogen and oxygen atoms in total. The van der Waals surface area contributed by atoms with Gasteiger partial charge in [0.15, 0.2) is 5.25 Å². The number of primary amides is 1. The number of rotatable bonds is 5. The highest BCUT2D eigenvalue weighted by molar-refractivity contribution is 7.94. The second-order valence-corrected chi connectivity index (χ2v) is 7.01. The van der Waals surface area contributed by atoms with Crippen molar-refractivity contribution >= 4 is 39.1 Å². The second-order valence-electron chi connectivity index (χ2n) is 4.58. The zero-order valence-electron chi connectivity index (χ0n) is 11.8. The van der Waals surface area contributed by atoms with E-state index in [-0.39, 0.29) is 16.3 Å². The van der Waals surface area contributed by atoms with E-state index in [1.807, 2.05) is 0 Å². The van der Waals surface area contributed by atoms with Crippen molar-refractivity contribution in [2.75, 3.05) is 18.8 Å². The summed E-state index contributed by atoms with van der Waals surface area (Å²) in [6.07, 6.45) is 0. The molecule has 3 N–H and O–H groups in total. The Labute approximate surface area is 128 Å². The molecule has 0 aliphatic heterocycles. The van der Waals surface area contributed by atoms with E-state index in [0.717, 1.165) is 0 Å². The van der Waals surface area contributed by atoms with E-state index in [2.05, 4.69) is 4.72 Å². The third-order valence-corrected chi connectivity index (χ3v) is 4.63. The topological polar surface area (TPSA) is 110 Å². The number of carbonyl (C=O) groups excluding carboxylic acids is 2. The summed E-state index contributed by atoms with van der Waals surface area (Å²) < 4.78 is 26.5. The molecule has 0 fully saturated rings. The van der Waals surface area contributed by atoms with E-state index in [1.165, 1.54) is 44.1 Å². The monoisotopic (exact) mass is 333 g/mol. The highest BCUT2D eigenvalue weighted by atomic mass is 35.5. The number of sulfonamides is 1. The summed E-state index contributed by atoms with van der Waals surface area (Å²) in [6.45, 7) is 1.25. The minimum absolute atomic E-state index is 0.0229. The predicted molar refractivity (Wildman–Crippen MR) is 80.7 cm³/mol. The van der Waals surface area contributed by atoms with Crippen molar-refractivity contribution in [1.29, 1.82) is 0 Å². The fourth-order valence-corrected chi connectivity index (χ4v) is 2.86. The van der Waals surface area contributed by atoms with Crippen LogP contribution in [0.15, 0.2) is 18.2 Å². The highest BCUT2D eigenvalue weighted by Gasteiger charge is 2.30. The van der Waals surface area contributed by atoms with Gasteiger partial charge in [-0.1, -0.05) is 11.6 Å². The van der Waals surface area contributed by atoms with Gasteiger partial charge in [-0.15, -0.1) is 0 Å². The fourth-order valence-electron chi connectivity index (χ4n) is 1.55. The Balaban J connectivity index is 3.16.